The molecular formula is C35H49N3O19P2. The van der Waals surface area contributed by atoms with E-state index < -0.39 is 113 Å². The average Bonchev–Trinajstić information content (AvgIpc) is 3.67. The van der Waals surface area contributed by atoms with Crippen LogP contribution in [0.25, 0.3) is 11.0 Å². The Labute approximate surface area is 337 Å². The van der Waals surface area contributed by atoms with E-state index in [1.807, 2.05) is 0 Å². The highest BCUT2D eigenvalue weighted by Gasteiger charge is 2.48. The summed E-state index contributed by atoms with van der Waals surface area (Å²) in [5, 5.41) is 26.4. The Balaban J connectivity index is 1.58. The van der Waals surface area contributed by atoms with E-state index in [1.54, 1.807) is 24.3 Å². The van der Waals surface area contributed by atoms with Gasteiger partial charge in [-0.3, -0.25) is 32.8 Å². The van der Waals surface area contributed by atoms with Gasteiger partial charge in [0.05, 0.1) is 29.4 Å². The van der Waals surface area contributed by atoms with E-state index in [0.717, 1.165) is 21.4 Å². The third kappa shape index (κ3) is 12.5. The van der Waals surface area contributed by atoms with Crippen LogP contribution < -0.4 is 11.2 Å². The topological polar surface area (TPSA) is 279 Å². The number of phosphoric acid groups is 2. The molecule has 24 heteroatoms. The minimum Gasteiger partial charge on any atom is -0.437 e. The molecule has 3 aromatic rings. The van der Waals surface area contributed by atoms with Gasteiger partial charge >= 0.3 is 39.2 Å². The maximum atomic E-state index is 14.1. The molecule has 1 unspecified atom stereocenters. The lowest BCUT2D eigenvalue weighted by Crippen LogP contribution is -2.43. The van der Waals surface area contributed by atoms with Gasteiger partial charge in [-0.25, -0.2) is 27.5 Å². The van der Waals surface area contributed by atoms with Crippen LogP contribution in [0.4, 0.5) is 0 Å². The summed E-state index contributed by atoms with van der Waals surface area (Å²) in [5.74, 6) is -2.49. The van der Waals surface area contributed by atoms with Crippen molar-refractivity contribution in [3.8, 4) is 0 Å². The highest BCUT2D eigenvalue weighted by Crippen LogP contribution is 2.66. The summed E-state index contributed by atoms with van der Waals surface area (Å²) in [6, 6.07) is 7.76. The smallest absolute Gasteiger partial charge is 0.437 e. The van der Waals surface area contributed by atoms with Gasteiger partial charge in [0.15, 0.2) is 11.8 Å². The Hall–Kier alpha value is -4.08. The van der Waals surface area contributed by atoms with E-state index in [2.05, 4.69) is 5.16 Å². The quantitative estimate of drug-likeness (QED) is 0.0845. The van der Waals surface area contributed by atoms with E-state index >= 15 is 0 Å². The zero-order valence-corrected chi connectivity index (χ0v) is 35.7. The highest BCUT2D eigenvalue weighted by atomic mass is 31.3. The fourth-order valence-electron chi connectivity index (χ4n) is 4.71. The molecule has 1 aliphatic heterocycles. The van der Waals surface area contributed by atoms with Crippen LogP contribution in [-0.4, -0.2) is 87.7 Å². The van der Waals surface area contributed by atoms with Crippen LogP contribution in [0.3, 0.4) is 0 Å². The van der Waals surface area contributed by atoms with Crippen molar-refractivity contribution in [1.82, 2.24) is 14.3 Å². The van der Waals surface area contributed by atoms with Crippen molar-refractivity contribution in [1.29, 1.82) is 0 Å². The molecule has 0 spiro atoms. The number of benzene rings is 1. The number of para-hydroxylation sites is 1. The number of fused-ring (bicyclic) bond motifs is 1. The molecule has 1 saturated heterocycles. The van der Waals surface area contributed by atoms with Gasteiger partial charge in [0.2, 0.25) is 20.4 Å². The van der Waals surface area contributed by atoms with E-state index in [4.69, 9.17) is 45.9 Å². The largest absolute Gasteiger partial charge is 0.489 e. The number of aliphatic hydroxyl groups is 2. The summed E-state index contributed by atoms with van der Waals surface area (Å²) >= 11 is 0. The van der Waals surface area contributed by atoms with Crippen molar-refractivity contribution in [3.63, 3.8) is 0 Å². The number of ether oxygens (including phenoxy) is 4. The monoisotopic (exact) mass is 877 g/mol. The molecule has 1 aromatic carbocycles. The molecule has 22 nitrogen and oxygen atoms in total. The van der Waals surface area contributed by atoms with Crippen LogP contribution in [0.1, 0.15) is 74.2 Å². The predicted octanol–water partition coefficient (Wildman–Crippen LogP) is 3.76. The number of carbonyl (C=O) groups is 3. The third-order valence-electron chi connectivity index (χ3n) is 8.10. The second-order valence-electron chi connectivity index (χ2n) is 16.2. The fourth-order valence-corrected chi connectivity index (χ4v) is 7.47. The minimum absolute atomic E-state index is 0.255. The average molecular weight is 878 g/mol. The summed E-state index contributed by atoms with van der Waals surface area (Å²) in [6.45, 7) is 8.89. The normalized spacial score (nSPS) is 20.0. The summed E-state index contributed by atoms with van der Waals surface area (Å²) < 4.78 is 81.3. The number of esters is 3. The number of rotatable bonds is 17. The number of aliphatic hydroxyl groups excluding tert-OH is 2. The number of aromatic nitrogens is 3. The Morgan fingerprint density at radius 3 is 1.75 bits per heavy atom. The van der Waals surface area contributed by atoms with Gasteiger partial charge in [-0.05, 0) is 74.4 Å². The molecule has 0 amide bonds. The first-order chi connectivity index (χ1) is 27.2. The fraction of sp³-hybridized carbons (Fsp3) is 0.600. The van der Waals surface area contributed by atoms with E-state index in [9.17, 15) is 43.3 Å². The highest BCUT2D eigenvalue weighted by molar-refractivity contribution is 7.62. The molecule has 4 rings (SSSR count). The summed E-state index contributed by atoms with van der Waals surface area (Å²) in [7, 11) is -10.7. The molecular weight excluding hydrogens is 828 g/mol. The van der Waals surface area contributed by atoms with Gasteiger partial charge in [-0.15, -0.1) is 0 Å². The molecule has 328 valence electrons. The summed E-state index contributed by atoms with van der Waals surface area (Å²) in [5.41, 5.74) is -4.21. The summed E-state index contributed by atoms with van der Waals surface area (Å²) in [4.78, 5) is 63.5. The standard InChI is InChI=1S/C35H49N3O19P2/c1-33(2,3)29(42)48-18-52-58(46,57-59(47,53-19-49-30(43)34(4,5)6)54-20-50-31(44)35(7,8)9)51-17-24-26(40)27(41)28(55-24)37-15-14-25(39)38(32(37)45)16-22-21-12-10-11-13-23(21)56-36-22/h10-15,24,26-28,40-41H,16-20H2,1-9H3/t24-,26-,27-,28-,58?/m1/s1. The Morgan fingerprint density at radius 1 is 0.746 bits per heavy atom. The number of hydrogen-bond acceptors (Lipinski definition) is 20. The Bertz CT molecular complexity index is 2160. The molecule has 0 radical (unpaired) electrons. The van der Waals surface area contributed by atoms with Crippen LogP contribution >= 0.6 is 15.6 Å². The van der Waals surface area contributed by atoms with Crippen molar-refractivity contribution < 1.29 is 79.6 Å². The number of nitrogens with zero attached hydrogens (tertiary/aromatic N) is 3. The van der Waals surface area contributed by atoms with Crippen molar-refractivity contribution in [3.05, 3.63) is 63.1 Å². The lowest BCUT2D eigenvalue weighted by atomic mass is 9.98. The molecule has 1 fully saturated rings. The Kier molecular flexibility index (Phi) is 15.1. The van der Waals surface area contributed by atoms with E-state index in [1.165, 1.54) is 62.3 Å². The second kappa shape index (κ2) is 18.7. The van der Waals surface area contributed by atoms with Gasteiger partial charge in [0.25, 0.3) is 5.56 Å². The predicted molar refractivity (Wildman–Crippen MR) is 201 cm³/mol. The van der Waals surface area contributed by atoms with Crippen molar-refractivity contribution in [2.24, 2.45) is 16.2 Å². The molecule has 2 aromatic heterocycles. The zero-order valence-electron chi connectivity index (χ0n) is 33.9. The molecule has 2 N–H and O–H groups in total. The first-order valence-electron chi connectivity index (χ1n) is 17.9. The van der Waals surface area contributed by atoms with Crippen LogP contribution in [-0.2, 0) is 71.4 Å². The second-order valence-corrected chi connectivity index (χ2v) is 19.6. The van der Waals surface area contributed by atoms with Crippen molar-refractivity contribution in [2.75, 3.05) is 27.0 Å². The van der Waals surface area contributed by atoms with Crippen LogP contribution in [0.15, 0.2) is 50.6 Å². The van der Waals surface area contributed by atoms with Crippen LogP contribution in [0.2, 0.25) is 0 Å². The van der Waals surface area contributed by atoms with Gasteiger partial charge in [-0.2, -0.15) is 4.31 Å². The van der Waals surface area contributed by atoms with Crippen LogP contribution in [0, 0.1) is 16.2 Å². The van der Waals surface area contributed by atoms with Crippen molar-refractivity contribution >= 4 is 44.5 Å². The first kappa shape index (κ1) is 47.6. The molecule has 3 heterocycles. The maximum absolute atomic E-state index is 14.1. The van der Waals surface area contributed by atoms with Gasteiger partial charge in [0.1, 0.15) is 24.0 Å². The zero-order chi connectivity index (χ0) is 44.1. The Morgan fingerprint density at radius 2 is 1.24 bits per heavy atom. The molecule has 59 heavy (non-hydrogen) atoms. The lowest BCUT2D eigenvalue weighted by Gasteiger charge is -2.25. The SMILES string of the molecule is CC(C)(C)C(=O)OCOP(=O)(OCOC(=O)C(C)(C)C)OP(=O)(OCOC(=O)C(C)(C)C)OC[C@H]1O[C@@H](n2ccc(=O)n(Cc3noc4ccccc34)c2=O)[C@H](O)[C@@H]1O. The maximum Gasteiger partial charge on any atom is 0.489 e. The minimum atomic E-state index is -5.38. The number of carbonyl (C=O) groups excluding carboxylic acids is 3. The van der Waals surface area contributed by atoms with Crippen molar-refractivity contribution in [2.45, 2.75) is 93.4 Å². The molecule has 0 bridgehead atoms. The first-order valence-corrected chi connectivity index (χ1v) is 20.8. The third-order valence-corrected chi connectivity index (χ3v) is 11.4. The number of phosphoric ester groups is 2. The molecule has 0 aliphatic carbocycles. The van der Waals surface area contributed by atoms with Gasteiger partial charge in [0, 0.05) is 17.6 Å². The lowest BCUT2D eigenvalue weighted by molar-refractivity contribution is -0.163. The van der Waals surface area contributed by atoms with E-state index in [0.29, 0.717) is 11.0 Å². The van der Waals surface area contributed by atoms with Crippen LogP contribution in [0.5, 0.6) is 0 Å². The van der Waals surface area contributed by atoms with Gasteiger partial charge in [-0.1, -0.05) is 17.3 Å². The molecule has 1 aliphatic rings. The summed E-state index contributed by atoms with van der Waals surface area (Å²) in [6.07, 6.45) is -6.00. The molecule has 5 atom stereocenters. The van der Waals surface area contributed by atoms with Gasteiger partial charge < -0.3 is 33.7 Å². The molecule has 0 saturated carbocycles. The van der Waals surface area contributed by atoms with E-state index in [-0.39, 0.29) is 12.2 Å². The number of hydrogen-bond donors (Lipinski definition) is 2.